The topological polar surface area (TPSA) is 87.6 Å². The Bertz CT molecular complexity index is 1130. The van der Waals surface area contributed by atoms with Crippen molar-refractivity contribution in [1.29, 1.82) is 0 Å². The van der Waals surface area contributed by atoms with Crippen LogP contribution in [0.15, 0.2) is 48.7 Å². The fourth-order valence-electron chi connectivity index (χ4n) is 4.73. The Hall–Kier alpha value is -3.03. The number of rotatable bonds is 9. The Balaban J connectivity index is 1.12. The smallest absolute Gasteiger partial charge is 0.305 e. The molecular weight excluding hydrogens is 416 g/mol. The van der Waals surface area contributed by atoms with E-state index >= 15 is 0 Å². The molecule has 2 N–H and O–H groups in total. The number of carboxylic acid groups (broad SMARTS) is 1. The maximum absolute atomic E-state index is 11.5. The van der Waals surface area contributed by atoms with Gasteiger partial charge in [-0.3, -0.25) is 14.7 Å². The second kappa shape index (κ2) is 9.85. The number of pyridine rings is 2. The Morgan fingerprint density at radius 2 is 2.12 bits per heavy atom. The lowest BCUT2D eigenvalue weighted by molar-refractivity contribution is -0.140. The third-order valence-corrected chi connectivity index (χ3v) is 6.56. The molecule has 0 bridgehead atoms. The molecule has 4 heterocycles. The highest BCUT2D eigenvalue weighted by Crippen LogP contribution is 2.31. The predicted molar refractivity (Wildman–Crippen MR) is 127 cm³/mol. The van der Waals surface area contributed by atoms with Gasteiger partial charge in [0.25, 0.3) is 0 Å². The average molecular weight is 447 g/mol. The Kier molecular flexibility index (Phi) is 6.51. The van der Waals surface area contributed by atoms with Crippen molar-refractivity contribution in [2.75, 3.05) is 31.6 Å². The van der Waals surface area contributed by atoms with E-state index in [9.17, 15) is 9.90 Å². The van der Waals surface area contributed by atoms with Crippen molar-refractivity contribution < 1.29 is 14.6 Å². The van der Waals surface area contributed by atoms with Crippen molar-refractivity contribution in [2.45, 2.75) is 44.2 Å². The number of nitrogens with one attached hydrogen (secondary N) is 1. The van der Waals surface area contributed by atoms with Gasteiger partial charge < -0.3 is 15.2 Å². The number of likely N-dealkylation sites (tertiary alicyclic amines) is 1. The first-order chi connectivity index (χ1) is 16.2. The van der Waals surface area contributed by atoms with Gasteiger partial charge in [0.05, 0.1) is 18.0 Å². The molecule has 2 aliphatic heterocycles. The Morgan fingerprint density at radius 1 is 1.24 bits per heavy atom. The van der Waals surface area contributed by atoms with Crippen molar-refractivity contribution in [2.24, 2.45) is 0 Å². The van der Waals surface area contributed by atoms with Crippen LogP contribution in [0.5, 0.6) is 0 Å². The zero-order valence-corrected chi connectivity index (χ0v) is 18.7. The summed E-state index contributed by atoms with van der Waals surface area (Å²) in [7, 11) is 0. The molecule has 5 rings (SSSR count). The van der Waals surface area contributed by atoms with Crippen LogP contribution in [-0.2, 0) is 22.4 Å². The molecule has 1 unspecified atom stereocenters. The first kappa shape index (κ1) is 21.8. The van der Waals surface area contributed by atoms with Crippen LogP contribution in [-0.4, -0.2) is 58.3 Å². The van der Waals surface area contributed by atoms with Crippen LogP contribution in [0, 0.1) is 0 Å². The van der Waals surface area contributed by atoms with Crippen LogP contribution < -0.4 is 5.32 Å². The van der Waals surface area contributed by atoms with Crippen LogP contribution in [0.4, 0.5) is 5.82 Å². The molecule has 33 heavy (non-hydrogen) atoms. The molecule has 1 aromatic carbocycles. The second-order valence-electron chi connectivity index (χ2n) is 8.97. The number of benzene rings is 1. The highest BCUT2D eigenvalue weighted by atomic mass is 16.5. The largest absolute Gasteiger partial charge is 0.481 e. The summed E-state index contributed by atoms with van der Waals surface area (Å²) < 4.78 is 6.06. The fourth-order valence-corrected chi connectivity index (χ4v) is 4.73. The summed E-state index contributed by atoms with van der Waals surface area (Å²) in [4.78, 5) is 23.0. The van der Waals surface area contributed by atoms with Gasteiger partial charge in [-0.15, -0.1) is 0 Å². The Morgan fingerprint density at radius 3 is 3.00 bits per heavy atom. The number of para-hydroxylation sites is 1. The summed E-state index contributed by atoms with van der Waals surface area (Å²) in [6.07, 6.45) is 6.12. The first-order valence-electron chi connectivity index (χ1n) is 11.8. The lowest BCUT2D eigenvalue weighted by Crippen LogP contribution is -2.53. The molecule has 1 atom stereocenters. The molecule has 172 valence electrons. The number of ether oxygens (including phenoxy) is 1. The fraction of sp³-hybridized carbons (Fsp3) is 0.423. The predicted octanol–water partition coefficient (Wildman–Crippen LogP) is 3.84. The molecule has 3 aromatic rings. The molecule has 1 fully saturated rings. The molecule has 0 saturated carbocycles. The number of aryl methyl sites for hydroxylation is 2. The van der Waals surface area contributed by atoms with Crippen LogP contribution in [0.2, 0.25) is 0 Å². The van der Waals surface area contributed by atoms with Crippen LogP contribution in [0.3, 0.4) is 0 Å². The highest BCUT2D eigenvalue weighted by molar-refractivity contribution is 5.79. The zero-order chi connectivity index (χ0) is 22.6. The number of carboxylic acids is 1. The maximum Gasteiger partial charge on any atom is 0.305 e. The molecule has 2 aliphatic rings. The minimum Gasteiger partial charge on any atom is -0.481 e. The monoisotopic (exact) mass is 446 g/mol. The summed E-state index contributed by atoms with van der Waals surface area (Å²) in [5.74, 6) is 0.242. The number of anilines is 1. The van der Waals surface area contributed by atoms with Crippen molar-refractivity contribution in [3.63, 3.8) is 0 Å². The number of hydrogen-bond donors (Lipinski definition) is 2. The summed E-state index contributed by atoms with van der Waals surface area (Å²) in [6, 6.07) is 14.1. The SMILES string of the molecule is O=C(O)CC(c1cnc2ccccc2c1)N1CC(OCCCc2ccc3c(n2)NCCC3)C1. The standard InChI is InChI=1S/C26H30N4O3/c31-25(32)14-24(20-13-19-5-1-2-8-23(19)28-15-20)30-16-22(17-30)33-12-4-7-21-10-9-18-6-3-11-27-26(18)29-21/h1-2,5,8-10,13,15,22,24H,3-4,6-7,11-12,14,16-17H2,(H,27,29)(H,31,32). The van der Waals surface area contributed by atoms with Gasteiger partial charge in [0.1, 0.15) is 5.82 Å². The van der Waals surface area contributed by atoms with E-state index in [2.05, 4.69) is 33.4 Å². The van der Waals surface area contributed by atoms with E-state index < -0.39 is 5.97 Å². The summed E-state index contributed by atoms with van der Waals surface area (Å²) in [5, 5.41) is 13.9. The molecular formula is C26H30N4O3. The van der Waals surface area contributed by atoms with Gasteiger partial charge in [0.15, 0.2) is 0 Å². The number of nitrogens with zero attached hydrogens (tertiary/aromatic N) is 3. The van der Waals surface area contributed by atoms with Gasteiger partial charge in [-0.25, -0.2) is 4.98 Å². The average Bonchev–Trinajstić information content (AvgIpc) is 2.81. The zero-order valence-electron chi connectivity index (χ0n) is 18.7. The number of aliphatic carboxylic acids is 1. The van der Waals surface area contributed by atoms with Gasteiger partial charge in [-0.1, -0.05) is 24.3 Å². The van der Waals surface area contributed by atoms with Gasteiger partial charge >= 0.3 is 5.97 Å². The number of fused-ring (bicyclic) bond motifs is 2. The van der Waals surface area contributed by atoms with E-state index in [1.165, 1.54) is 12.0 Å². The molecule has 2 aromatic heterocycles. The van der Waals surface area contributed by atoms with E-state index in [4.69, 9.17) is 9.72 Å². The Labute approximate surface area is 193 Å². The maximum atomic E-state index is 11.5. The molecule has 0 amide bonds. The minimum atomic E-state index is -0.801. The van der Waals surface area contributed by atoms with Gasteiger partial charge in [-0.2, -0.15) is 0 Å². The van der Waals surface area contributed by atoms with Crippen LogP contribution >= 0.6 is 0 Å². The van der Waals surface area contributed by atoms with Crippen molar-refractivity contribution in [3.05, 3.63) is 65.5 Å². The van der Waals surface area contributed by atoms with E-state index in [1.54, 1.807) is 0 Å². The molecule has 0 radical (unpaired) electrons. The van der Waals surface area contributed by atoms with Gasteiger partial charge in [-0.05, 0) is 55.0 Å². The van der Waals surface area contributed by atoms with Crippen LogP contribution in [0.25, 0.3) is 10.9 Å². The molecule has 1 saturated heterocycles. The van der Waals surface area contributed by atoms with E-state index in [0.717, 1.165) is 66.9 Å². The molecule has 0 spiro atoms. The summed E-state index contributed by atoms with van der Waals surface area (Å²) in [6.45, 7) is 3.17. The summed E-state index contributed by atoms with van der Waals surface area (Å²) in [5.41, 5.74) is 4.28. The lowest BCUT2D eigenvalue weighted by atomic mass is 9.97. The third kappa shape index (κ3) is 5.15. The summed E-state index contributed by atoms with van der Waals surface area (Å²) >= 11 is 0. The second-order valence-corrected chi connectivity index (χ2v) is 8.97. The minimum absolute atomic E-state index is 0.0603. The normalized spacial score (nSPS) is 17.2. The number of aromatic nitrogens is 2. The molecule has 7 heteroatoms. The van der Waals surface area contributed by atoms with E-state index in [-0.39, 0.29) is 18.6 Å². The number of hydrogen-bond acceptors (Lipinski definition) is 6. The van der Waals surface area contributed by atoms with Crippen molar-refractivity contribution >= 4 is 22.7 Å². The van der Waals surface area contributed by atoms with Crippen molar-refractivity contribution in [1.82, 2.24) is 14.9 Å². The van der Waals surface area contributed by atoms with Gasteiger partial charge in [0, 0.05) is 49.6 Å². The van der Waals surface area contributed by atoms with E-state index in [1.807, 2.05) is 30.5 Å². The first-order valence-corrected chi connectivity index (χ1v) is 11.8. The number of carbonyl (C=O) groups is 1. The van der Waals surface area contributed by atoms with E-state index in [0.29, 0.717) is 6.61 Å². The van der Waals surface area contributed by atoms with Crippen LogP contribution in [0.1, 0.15) is 42.1 Å². The third-order valence-electron chi connectivity index (χ3n) is 6.56. The van der Waals surface area contributed by atoms with Gasteiger partial charge in [0.2, 0.25) is 0 Å². The molecule has 0 aliphatic carbocycles. The molecule has 7 nitrogen and oxygen atoms in total. The highest BCUT2D eigenvalue weighted by Gasteiger charge is 2.35. The lowest BCUT2D eigenvalue weighted by Gasteiger charge is -2.43. The quantitative estimate of drug-likeness (QED) is 0.483. The van der Waals surface area contributed by atoms with Crippen molar-refractivity contribution in [3.8, 4) is 0 Å².